The van der Waals surface area contributed by atoms with E-state index in [1.54, 1.807) is 0 Å². The summed E-state index contributed by atoms with van der Waals surface area (Å²) in [4.78, 5) is 24.5. The fraction of sp³-hybridized carbons (Fsp3) is 0.556. The standard InChI is InChI=1S/C18H25ClFNO3S/c1-5-8-17(22)21-14-10-16(12(19)9-13(14)20)25-15(7-3)18(23)24-11(4)6-2/h9-11,15H,5-8H2,1-4H3,(H,21,22). The number of benzene rings is 1. The molecule has 0 spiro atoms. The quantitative estimate of drug-likeness (QED) is 0.452. The summed E-state index contributed by atoms with van der Waals surface area (Å²) in [7, 11) is 0. The number of thioether (sulfide) groups is 1. The van der Waals surface area contributed by atoms with Gasteiger partial charge in [-0.15, -0.1) is 11.8 Å². The molecule has 140 valence electrons. The van der Waals surface area contributed by atoms with Gasteiger partial charge in [0.25, 0.3) is 0 Å². The molecule has 0 aromatic heterocycles. The molecule has 1 aromatic rings. The number of esters is 1. The highest BCUT2D eigenvalue weighted by atomic mass is 35.5. The topological polar surface area (TPSA) is 55.4 Å². The van der Waals surface area contributed by atoms with Crippen molar-refractivity contribution in [3.63, 3.8) is 0 Å². The highest BCUT2D eigenvalue weighted by Gasteiger charge is 2.23. The van der Waals surface area contributed by atoms with E-state index in [-0.39, 0.29) is 28.7 Å². The second kappa shape index (κ2) is 10.7. The molecule has 1 rings (SSSR count). The van der Waals surface area contributed by atoms with Crippen LogP contribution in [0.2, 0.25) is 5.02 Å². The predicted molar refractivity (Wildman–Crippen MR) is 101 cm³/mol. The Labute approximate surface area is 157 Å². The Morgan fingerprint density at radius 1 is 1.28 bits per heavy atom. The van der Waals surface area contributed by atoms with E-state index < -0.39 is 11.1 Å². The molecule has 1 amide bonds. The number of carbonyl (C=O) groups excluding carboxylic acids is 2. The molecule has 7 heteroatoms. The lowest BCUT2D eigenvalue weighted by Crippen LogP contribution is -2.24. The van der Waals surface area contributed by atoms with Gasteiger partial charge >= 0.3 is 5.97 Å². The van der Waals surface area contributed by atoms with Crippen LogP contribution in [-0.2, 0) is 14.3 Å². The number of amides is 1. The van der Waals surface area contributed by atoms with E-state index in [4.69, 9.17) is 16.3 Å². The Morgan fingerprint density at radius 2 is 1.96 bits per heavy atom. The number of hydrogen-bond donors (Lipinski definition) is 1. The van der Waals surface area contributed by atoms with Crippen molar-refractivity contribution in [1.29, 1.82) is 0 Å². The average Bonchev–Trinajstić information content (AvgIpc) is 2.56. The van der Waals surface area contributed by atoms with E-state index in [0.29, 0.717) is 24.2 Å². The molecule has 0 fully saturated rings. The third-order valence-corrected chi connectivity index (χ3v) is 5.39. The summed E-state index contributed by atoms with van der Waals surface area (Å²) in [5.41, 5.74) is 0.0653. The van der Waals surface area contributed by atoms with Gasteiger partial charge in [-0.25, -0.2) is 4.39 Å². The first kappa shape index (κ1) is 21.8. The first-order valence-electron chi connectivity index (χ1n) is 8.48. The lowest BCUT2D eigenvalue weighted by atomic mass is 10.2. The normalized spacial score (nSPS) is 13.2. The summed E-state index contributed by atoms with van der Waals surface area (Å²) in [5.74, 6) is -1.18. The van der Waals surface area contributed by atoms with E-state index in [9.17, 15) is 14.0 Å². The summed E-state index contributed by atoms with van der Waals surface area (Å²) in [5, 5.41) is 2.29. The lowest BCUT2D eigenvalue weighted by molar-refractivity contribution is -0.147. The van der Waals surface area contributed by atoms with Crippen LogP contribution in [0.4, 0.5) is 10.1 Å². The highest BCUT2D eigenvalue weighted by Crippen LogP contribution is 2.36. The monoisotopic (exact) mass is 389 g/mol. The van der Waals surface area contributed by atoms with E-state index in [1.165, 1.54) is 17.8 Å². The SMILES string of the molecule is CCCC(=O)Nc1cc(SC(CC)C(=O)OC(C)CC)c(Cl)cc1F. The lowest BCUT2D eigenvalue weighted by Gasteiger charge is -2.18. The molecule has 1 N–H and O–H groups in total. The van der Waals surface area contributed by atoms with Gasteiger partial charge < -0.3 is 10.1 Å². The first-order chi connectivity index (χ1) is 11.8. The number of anilines is 1. The molecule has 4 nitrogen and oxygen atoms in total. The zero-order valence-electron chi connectivity index (χ0n) is 15.0. The highest BCUT2D eigenvalue weighted by molar-refractivity contribution is 8.00. The largest absolute Gasteiger partial charge is 0.462 e. The fourth-order valence-corrected chi connectivity index (χ4v) is 3.23. The number of rotatable bonds is 9. The van der Waals surface area contributed by atoms with Crippen molar-refractivity contribution in [2.75, 3.05) is 5.32 Å². The van der Waals surface area contributed by atoms with Crippen LogP contribution in [0.15, 0.2) is 17.0 Å². The summed E-state index contributed by atoms with van der Waals surface area (Å²) in [6.45, 7) is 7.51. The summed E-state index contributed by atoms with van der Waals surface area (Å²) < 4.78 is 19.4. The third kappa shape index (κ3) is 6.86. The van der Waals surface area contributed by atoms with Crippen molar-refractivity contribution in [1.82, 2.24) is 0 Å². The molecule has 0 saturated carbocycles. The Morgan fingerprint density at radius 3 is 2.52 bits per heavy atom. The maximum absolute atomic E-state index is 14.0. The molecule has 0 heterocycles. The van der Waals surface area contributed by atoms with Gasteiger partial charge in [0.05, 0.1) is 16.8 Å². The second-order valence-corrected chi connectivity index (χ2v) is 7.38. The van der Waals surface area contributed by atoms with Gasteiger partial charge in [0.2, 0.25) is 5.91 Å². The predicted octanol–water partition coefficient (Wildman–Crippen LogP) is 5.43. The van der Waals surface area contributed by atoms with Crippen molar-refractivity contribution in [2.24, 2.45) is 0 Å². The zero-order valence-corrected chi connectivity index (χ0v) is 16.6. The maximum atomic E-state index is 14.0. The first-order valence-corrected chi connectivity index (χ1v) is 9.74. The van der Waals surface area contributed by atoms with E-state index in [0.717, 1.165) is 12.5 Å². The van der Waals surface area contributed by atoms with Crippen molar-refractivity contribution < 1.29 is 18.7 Å². The van der Waals surface area contributed by atoms with Gasteiger partial charge in [0, 0.05) is 11.3 Å². The van der Waals surface area contributed by atoms with Crippen molar-refractivity contribution in [3.05, 3.63) is 23.0 Å². The van der Waals surface area contributed by atoms with Crippen LogP contribution >= 0.6 is 23.4 Å². The van der Waals surface area contributed by atoms with Crippen LogP contribution in [0.25, 0.3) is 0 Å². The Bertz CT molecular complexity index is 612. The van der Waals surface area contributed by atoms with Gasteiger partial charge in [0.15, 0.2) is 0 Å². The minimum Gasteiger partial charge on any atom is -0.462 e. The summed E-state index contributed by atoms with van der Waals surface area (Å²) in [6, 6.07) is 2.62. The smallest absolute Gasteiger partial charge is 0.319 e. The van der Waals surface area contributed by atoms with Crippen molar-refractivity contribution in [3.8, 4) is 0 Å². The second-order valence-electron chi connectivity index (χ2n) is 5.73. The Kier molecular flexibility index (Phi) is 9.28. The minimum absolute atomic E-state index is 0.0653. The van der Waals surface area contributed by atoms with Crippen LogP contribution in [0.5, 0.6) is 0 Å². The number of hydrogen-bond acceptors (Lipinski definition) is 4. The molecule has 0 bridgehead atoms. The summed E-state index contributed by atoms with van der Waals surface area (Å²) >= 11 is 7.33. The van der Waals surface area contributed by atoms with Crippen LogP contribution in [0.1, 0.15) is 53.4 Å². The van der Waals surface area contributed by atoms with Crippen LogP contribution < -0.4 is 5.32 Å². The maximum Gasteiger partial charge on any atom is 0.319 e. The van der Waals surface area contributed by atoms with Crippen LogP contribution in [0.3, 0.4) is 0 Å². The van der Waals surface area contributed by atoms with Crippen LogP contribution in [0, 0.1) is 5.82 Å². The molecule has 2 unspecified atom stereocenters. The van der Waals surface area contributed by atoms with E-state index in [2.05, 4.69) is 5.32 Å². The van der Waals surface area contributed by atoms with Gasteiger partial charge in [-0.1, -0.05) is 32.4 Å². The van der Waals surface area contributed by atoms with Gasteiger partial charge in [-0.05, 0) is 38.3 Å². The molecule has 0 radical (unpaired) electrons. The fourth-order valence-electron chi connectivity index (χ4n) is 1.96. The van der Waals surface area contributed by atoms with E-state index >= 15 is 0 Å². The number of carbonyl (C=O) groups is 2. The van der Waals surface area contributed by atoms with Gasteiger partial charge in [0.1, 0.15) is 11.1 Å². The van der Waals surface area contributed by atoms with Crippen molar-refractivity contribution >= 4 is 40.9 Å². The van der Waals surface area contributed by atoms with Crippen LogP contribution in [-0.4, -0.2) is 23.2 Å². The third-order valence-electron chi connectivity index (χ3n) is 3.57. The molecule has 25 heavy (non-hydrogen) atoms. The molecule has 0 aliphatic heterocycles. The molecular weight excluding hydrogens is 365 g/mol. The number of ether oxygens (including phenoxy) is 1. The number of nitrogens with one attached hydrogen (secondary N) is 1. The summed E-state index contributed by atoms with van der Waals surface area (Å²) in [6.07, 6.45) is 2.10. The van der Waals surface area contributed by atoms with Gasteiger partial charge in [-0.3, -0.25) is 9.59 Å². The average molecular weight is 390 g/mol. The molecule has 1 aromatic carbocycles. The van der Waals surface area contributed by atoms with E-state index in [1.807, 2.05) is 27.7 Å². The zero-order chi connectivity index (χ0) is 19.0. The minimum atomic E-state index is -0.603. The molecule has 0 aliphatic carbocycles. The Balaban J connectivity index is 2.95. The van der Waals surface area contributed by atoms with Gasteiger partial charge in [-0.2, -0.15) is 0 Å². The molecule has 2 atom stereocenters. The molecular formula is C18H25ClFNO3S. The molecule has 0 saturated heterocycles. The Hall–Kier alpha value is -1.27. The van der Waals surface area contributed by atoms with Crippen molar-refractivity contribution in [2.45, 2.75) is 69.6 Å². The number of halogens is 2. The molecule has 0 aliphatic rings.